The quantitative estimate of drug-likeness (QED) is 0.0960. The van der Waals surface area contributed by atoms with Crippen LogP contribution in [-0.4, -0.2) is 70.3 Å². The third kappa shape index (κ3) is 35.3. The molecule has 0 saturated heterocycles. The van der Waals surface area contributed by atoms with Gasteiger partial charge in [0.15, 0.2) is 0 Å². The minimum absolute atomic E-state index is 0. The van der Waals surface area contributed by atoms with E-state index in [0.717, 1.165) is 17.9 Å². The summed E-state index contributed by atoms with van der Waals surface area (Å²) in [4.78, 5) is 45.6. The molecule has 0 bridgehead atoms. The number of nitrogens with one attached hydrogen (secondary N) is 4. The first-order valence-corrected chi connectivity index (χ1v) is 18.7. The van der Waals surface area contributed by atoms with Crippen LogP contribution in [0.1, 0.15) is 108 Å². The Kier molecular flexibility index (Phi) is 30.1. The molecule has 0 rings (SSSR count). The van der Waals surface area contributed by atoms with E-state index in [9.17, 15) is 19.2 Å². The molecule has 39 heavy (non-hydrogen) atoms. The van der Waals surface area contributed by atoms with Gasteiger partial charge in [-0.25, -0.2) is 0 Å². The number of carbonyl (C=O) groups excluding carboxylic acids is 4. The Labute approximate surface area is 260 Å². The summed E-state index contributed by atoms with van der Waals surface area (Å²) in [5.74, 6) is 2.48. The van der Waals surface area contributed by atoms with Crippen LogP contribution in [0.2, 0.25) is 0 Å². The van der Waals surface area contributed by atoms with Gasteiger partial charge in [0.1, 0.15) is 0 Å². The lowest BCUT2D eigenvalue weighted by molar-refractivity contribution is -0.122. The van der Waals surface area contributed by atoms with Crippen molar-refractivity contribution in [2.75, 3.05) is 23.8 Å². The third-order valence-corrected chi connectivity index (χ3v) is 9.56. The highest BCUT2D eigenvalue weighted by atomic mass is 33.1. The summed E-state index contributed by atoms with van der Waals surface area (Å²) in [5.41, 5.74) is 0. The molecule has 0 aliphatic rings. The molecule has 0 unspecified atom stereocenters. The standard InChI is InChI=1S/C14H28N2O2S2.C11H22N2O2S2.C2H6.4H2/c1-10(2)15-12(17)7-8-19-20-14(5,6)9-13(18)16-11(3)4;1-4-12-10(14)6-5-7-16-17-8-11(15)13-9(2)3;1-2;;;;/h10-11H,7-9H2,1-6H3,(H,15,17)(H,16,18);9H,4-8H2,1-3H3,(H,12,14)(H,13,15);1-2H3;4*1H. The van der Waals surface area contributed by atoms with Gasteiger partial charge in [-0.15, -0.1) is 0 Å². The molecule has 0 aromatic rings. The highest BCUT2D eigenvalue weighted by Crippen LogP contribution is 2.38. The minimum atomic E-state index is -0.127. The van der Waals surface area contributed by atoms with Gasteiger partial charge in [0.2, 0.25) is 23.6 Å². The largest absolute Gasteiger partial charge is 0.356 e. The van der Waals surface area contributed by atoms with Crippen LogP contribution in [0.15, 0.2) is 0 Å². The van der Waals surface area contributed by atoms with Crippen LogP contribution in [0, 0.1) is 0 Å². The normalized spacial score (nSPS) is 10.7. The van der Waals surface area contributed by atoms with Gasteiger partial charge in [0, 0.05) is 65.9 Å². The van der Waals surface area contributed by atoms with Crippen LogP contribution in [0.3, 0.4) is 0 Å². The Morgan fingerprint density at radius 2 is 1.21 bits per heavy atom. The fourth-order valence-corrected chi connectivity index (χ4v) is 7.04. The summed E-state index contributed by atoms with van der Waals surface area (Å²) in [6.45, 7) is 22.4. The number of rotatable bonds is 18. The van der Waals surface area contributed by atoms with E-state index >= 15 is 0 Å². The third-order valence-electron chi connectivity index (χ3n) is 3.91. The maximum Gasteiger partial charge on any atom is 0.231 e. The fourth-order valence-electron chi connectivity index (χ4n) is 2.61. The van der Waals surface area contributed by atoms with E-state index in [1.165, 1.54) is 0 Å². The van der Waals surface area contributed by atoms with Crippen LogP contribution in [-0.2, 0) is 19.2 Å². The predicted molar refractivity (Wildman–Crippen MR) is 186 cm³/mol. The second kappa shape index (κ2) is 27.4. The average molecular weight is 637 g/mol. The highest BCUT2D eigenvalue weighted by Gasteiger charge is 2.23. The highest BCUT2D eigenvalue weighted by molar-refractivity contribution is 8.77. The van der Waals surface area contributed by atoms with E-state index in [4.69, 9.17) is 0 Å². The van der Waals surface area contributed by atoms with Gasteiger partial charge in [0.05, 0.1) is 5.75 Å². The summed E-state index contributed by atoms with van der Waals surface area (Å²) in [6, 6.07) is 0.567. The summed E-state index contributed by atoms with van der Waals surface area (Å²) in [7, 11) is 6.51. The maximum atomic E-state index is 11.7. The van der Waals surface area contributed by atoms with E-state index in [-0.39, 0.29) is 52.2 Å². The van der Waals surface area contributed by atoms with Crippen LogP contribution in [0.4, 0.5) is 0 Å². The molecule has 0 saturated carbocycles. The van der Waals surface area contributed by atoms with Crippen molar-refractivity contribution in [1.29, 1.82) is 0 Å². The molecule has 0 radical (unpaired) electrons. The molecule has 4 N–H and O–H groups in total. The number of hydrogen-bond donors (Lipinski definition) is 4. The second-order valence-corrected chi connectivity index (χ2v) is 15.6. The van der Waals surface area contributed by atoms with Crippen molar-refractivity contribution in [3.8, 4) is 0 Å². The summed E-state index contributed by atoms with van der Waals surface area (Å²) >= 11 is 0. The van der Waals surface area contributed by atoms with E-state index in [0.29, 0.717) is 31.6 Å². The minimum Gasteiger partial charge on any atom is -0.356 e. The van der Waals surface area contributed by atoms with Crippen LogP contribution in [0.5, 0.6) is 0 Å². The van der Waals surface area contributed by atoms with E-state index in [1.54, 1.807) is 43.2 Å². The van der Waals surface area contributed by atoms with Crippen LogP contribution < -0.4 is 21.3 Å². The molecule has 0 aliphatic heterocycles. The average Bonchev–Trinajstić information content (AvgIpc) is 2.79. The van der Waals surface area contributed by atoms with Gasteiger partial charge < -0.3 is 21.3 Å². The first-order valence-electron chi connectivity index (χ1n) is 13.9. The first kappa shape index (κ1) is 42.7. The Morgan fingerprint density at radius 1 is 0.692 bits per heavy atom. The topological polar surface area (TPSA) is 116 Å². The smallest absolute Gasteiger partial charge is 0.231 e. The molecule has 240 valence electrons. The van der Waals surface area contributed by atoms with Gasteiger partial charge in [-0.2, -0.15) is 0 Å². The molecule has 0 fully saturated rings. The molecule has 0 aromatic heterocycles. The van der Waals surface area contributed by atoms with Gasteiger partial charge in [-0.1, -0.05) is 57.0 Å². The van der Waals surface area contributed by atoms with Crippen molar-refractivity contribution in [3.63, 3.8) is 0 Å². The lowest BCUT2D eigenvalue weighted by atomic mass is 10.1. The predicted octanol–water partition coefficient (Wildman–Crippen LogP) is 6.79. The second-order valence-electron chi connectivity index (χ2n) is 9.90. The molecule has 0 atom stereocenters. The Bertz CT molecular complexity index is 683. The molecule has 0 spiro atoms. The van der Waals surface area contributed by atoms with Crippen molar-refractivity contribution < 1.29 is 24.9 Å². The summed E-state index contributed by atoms with van der Waals surface area (Å²) in [6.07, 6.45) is 2.43. The van der Waals surface area contributed by atoms with Crippen molar-refractivity contribution in [2.45, 2.75) is 125 Å². The number of amides is 4. The fraction of sp³-hybridized carbons (Fsp3) is 0.852. The zero-order chi connectivity index (χ0) is 30.9. The summed E-state index contributed by atoms with van der Waals surface area (Å²) in [5, 5.41) is 11.4. The number of carbonyl (C=O) groups is 4. The van der Waals surface area contributed by atoms with Crippen LogP contribution in [0.25, 0.3) is 0 Å². The first-order chi connectivity index (χ1) is 18.2. The van der Waals surface area contributed by atoms with Crippen molar-refractivity contribution in [2.24, 2.45) is 0 Å². The zero-order valence-corrected chi connectivity index (χ0v) is 29.4. The molecular formula is C27H64N4O4S4. The van der Waals surface area contributed by atoms with Crippen molar-refractivity contribution in [3.05, 3.63) is 0 Å². The van der Waals surface area contributed by atoms with Gasteiger partial charge in [0.25, 0.3) is 0 Å². The Hall–Kier alpha value is -0.720. The van der Waals surface area contributed by atoms with Crippen molar-refractivity contribution in [1.82, 2.24) is 21.3 Å². The zero-order valence-electron chi connectivity index (χ0n) is 26.2. The molecule has 12 heteroatoms. The van der Waals surface area contributed by atoms with E-state index in [1.807, 2.05) is 62.3 Å². The Balaban J connectivity index is -0.000000106. The van der Waals surface area contributed by atoms with Gasteiger partial charge in [-0.3, -0.25) is 19.2 Å². The number of hydrogen-bond acceptors (Lipinski definition) is 8. The summed E-state index contributed by atoms with van der Waals surface area (Å²) < 4.78 is -0.127. The lowest BCUT2D eigenvalue weighted by Gasteiger charge is -2.23. The molecular weight excluding hydrogens is 573 g/mol. The monoisotopic (exact) mass is 636 g/mol. The van der Waals surface area contributed by atoms with E-state index in [2.05, 4.69) is 35.1 Å². The lowest BCUT2D eigenvalue weighted by Crippen LogP contribution is -2.34. The maximum absolute atomic E-state index is 11.7. The SMILES string of the molecule is CC.CC(C)NC(=O)CCSSC(C)(C)CC(=O)NC(C)C.CCNC(=O)CCCSSCC(=O)NC(C)C.[HH].[HH].[HH].[HH]. The molecule has 0 aromatic carbocycles. The molecule has 0 heterocycles. The van der Waals surface area contributed by atoms with E-state index < -0.39 is 0 Å². The van der Waals surface area contributed by atoms with Gasteiger partial charge in [-0.05, 0) is 68.7 Å². The van der Waals surface area contributed by atoms with Gasteiger partial charge >= 0.3 is 0 Å². The molecule has 4 amide bonds. The Morgan fingerprint density at radius 3 is 1.72 bits per heavy atom. The van der Waals surface area contributed by atoms with Crippen LogP contribution >= 0.6 is 43.2 Å². The molecule has 8 nitrogen and oxygen atoms in total. The molecule has 0 aliphatic carbocycles. The van der Waals surface area contributed by atoms with Crippen molar-refractivity contribution >= 4 is 66.8 Å².